The van der Waals surface area contributed by atoms with Gasteiger partial charge in [0.1, 0.15) is 4.32 Å². The lowest BCUT2D eigenvalue weighted by molar-refractivity contribution is -0.137. The summed E-state index contributed by atoms with van der Waals surface area (Å²) in [6.07, 6.45) is 0.595. The van der Waals surface area contributed by atoms with Gasteiger partial charge in [-0.2, -0.15) is 0 Å². The number of thioether (sulfide) groups is 1. The van der Waals surface area contributed by atoms with Gasteiger partial charge in [0.15, 0.2) is 9.84 Å². The molecule has 0 radical (unpaired) electrons. The van der Waals surface area contributed by atoms with Crippen molar-refractivity contribution in [3.63, 3.8) is 0 Å². The van der Waals surface area contributed by atoms with Crippen LogP contribution in [0, 0.1) is 0 Å². The van der Waals surface area contributed by atoms with Crippen molar-refractivity contribution in [3.05, 3.63) is 0 Å². The average Bonchev–Trinajstić information content (AvgIpc) is 2.64. The third kappa shape index (κ3) is 4.44. The van der Waals surface area contributed by atoms with Crippen LogP contribution in [0.3, 0.4) is 0 Å². The summed E-state index contributed by atoms with van der Waals surface area (Å²) >= 11 is 6.33. The fourth-order valence-electron chi connectivity index (χ4n) is 1.51. The summed E-state index contributed by atoms with van der Waals surface area (Å²) in [4.78, 5) is 12.7. The highest BCUT2D eigenvalue weighted by Crippen LogP contribution is 2.20. The molecule has 0 aromatic rings. The van der Waals surface area contributed by atoms with E-state index in [0.29, 0.717) is 10.7 Å². The van der Waals surface area contributed by atoms with E-state index < -0.39 is 9.84 Å². The number of hydrogen-bond donors (Lipinski definition) is 0. The lowest BCUT2D eigenvalue weighted by Gasteiger charge is -2.25. The zero-order chi connectivity index (χ0) is 13.1. The molecule has 0 aromatic heterocycles. The number of sulfone groups is 1. The monoisotopic (exact) mass is 297 g/mol. The van der Waals surface area contributed by atoms with Gasteiger partial charge in [-0.15, -0.1) is 0 Å². The van der Waals surface area contributed by atoms with E-state index in [9.17, 15) is 13.2 Å². The Morgan fingerprint density at radius 2 is 2.24 bits per heavy atom. The number of hydrogen-bond acceptors (Lipinski definition) is 6. The molecule has 0 aliphatic carbocycles. The molecule has 1 rings (SSSR count). The van der Waals surface area contributed by atoms with Gasteiger partial charge in [0.05, 0.1) is 24.4 Å². The number of rotatable bonds is 3. The Morgan fingerprint density at radius 1 is 1.59 bits per heavy atom. The Kier molecular flexibility index (Phi) is 5.21. The highest BCUT2D eigenvalue weighted by Gasteiger charge is 2.31. The molecule has 0 unspecified atom stereocenters. The van der Waals surface area contributed by atoms with Crippen LogP contribution in [0.5, 0.6) is 0 Å². The van der Waals surface area contributed by atoms with Crippen molar-refractivity contribution in [2.24, 2.45) is 0 Å². The van der Waals surface area contributed by atoms with Crippen molar-refractivity contribution >= 4 is 44.1 Å². The maximum absolute atomic E-state index is 11.3. The standard InChI is InChI=1S/C9H15NO4S3/c1-10(7-3-4-17(12,13)6-7)9(15)16-5-8(11)14-2/h7H,3-6H2,1-2H3/t7-/m0/s1. The Labute approximate surface area is 111 Å². The van der Waals surface area contributed by atoms with Gasteiger partial charge in [-0.25, -0.2) is 8.42 Å². The maximum Gasteiger partial charge on any atom is 0.316 e. The number of nitrogens with zero attached hydrogens (tertiary/aromatic N) is 1. The van der Waals surface area contributed by atoms with E-state index in [1.165, 1.54) is 18.9 Å². The molecular formula is C9H15NO4S3. The number of carbonyl (C=O) groups excluding carboxylic acids is 1. The SMILES string of the molecule is COC(=O)CSC(=S)N(C)[C@H]1CCS(=O)(=O)C1. The molecule has 1 fully saturated rings. The van der Waals surface area contributed by atoms with Crippen LogP contribution in [-0.2, 0) is 19.4 Å². The minimum Gasteiger partial charge on any atom is -0.468 e. The topological polar surface area (TPSA) is 63.7 Å². The molecule has 1 saturated heterocycles. The minimum atomic E-state index is -2.91. The van der Waals surface area contributed by atoms with Crippen molar-refractivity contribution in [1.82, 2.24) is 4.90 Å². The minimum absolute atomic E-state index is 0.0716. The van der Waals surface area contributed by atoms with Crippen molar-refractivity contribution in [1.29, 1.82) is 0 Å². The van der Waals surface area contributed by atoms with E-state index in [2.05, 4.69) is 4.74 Å². The molecule has 0 amide bonds. The first-order chi connectivity index (χ1) is 7.85. The number of esters is 1. The van der Waals surface area contributed by atoms with Gasteiger partial charge >= 0.3 is 5.97 Å². The number of thiocarbonyl (C=S) groups is 1. The molecule has 1 aliphatic heterocycles. The molecule has 98 valence electrons. The Balaban J connectivity index is 2.45. The number of ether oxygens (including phenoxy) is 1. The van der Waals surface area contributed by atoms with E-state index in [4.69, 9.17) is 12.2 Å². The van der Waals surface area contributed by atoms with Gasteiger partial charge in [-0.3, -0.25) is 4.79 Å². The highest BCUT2D eigenvalue weighted by atomic mass is 32.2. The van der Waals surface area contributed by atoms with Crippen molar-refractivity contribution in [2.45, 2.75) is 12.5 Å². The summed E-state index contributed by atoms with van der Waals surface area (Å²) in [7, 11) is 0.169. The second-order valence-corrected chi connectivity index (χ2v) is 7.64. The zero-order valence-corrected chi connectivity index (χ0v) is 12.2. The van der Waals surface area contributed by atoms with Gasteiger partial charge in [-0.1, -0.05) is 24.0 Å². The fraction of sp³-hybridized carbons (Fsp3) is 0.778. The van der Waals surface area contributed by atoms with Crippen LogP contribution in [0.2, 0.25) is 0 Å². The summed E-state index contributed by atoms with van der Waals surface area (Å²) in [5, 5.41) is 0. The molecule has 17 heavy (non-hydrogen) atoms. The van der Waals surface area contributed by atoms with Crippen LogP contribution in [-0.4, -0.2) is 61.1 Å². The molecule has 5 nitrogen and oxygen atoms in total. The van der Waals surface area contributed by atoms with Gasteiger partial charge < -0.3 is 9.64 Å². The van der Waals surface area contributed by atoms with Gasteiger partial charge in [0.25, 0.3) is 0 Å². The van der Waals surface area contributed by atoms with E-state index >= 15 is 0 Å². The zero-order valence-electron chi connectivity index (χ0n) is 9.71. The molecule has 0 N–H and O–H groups in total. The third-order valence-corrected chi connectivity index (χ3v) is 5.89. The van der Waals surface area contributed by atoms with Gasteiger partial charge in [0.2, 0.25) is 0 Å². The molecule has 0 saturated carbocycles. The fourth-order valence-corrected chi connectivity index (χ4v) is 4.32. The Morgan fingerprint density at radius 3 is 2.71 bits per heavy atom. The number of methoxy groups -OCH3 is 1. The van der Waals surface area contributed by atoms with E-state index in [1.54, 1.807) is 11.9 Å². The first-order valence-electron chi connectivity index (χ1n) is 5.02. The molecule has 1 heterocycles. The lowest BCUT2D eigenvalue weighted by atomic mass is 10.2. The third-order valence-electron chi connectivity index (χ3n) is 2.59. The Bertz CT molecular complexity index is 406. The predicted octanol–water partition coefficient (Wildman–Crippen LogP) is 0.296. The second-order valence-electron chi connectivity index (χ2n) is 3.80. The molecule has 8 heteroatoms. The summed E-state index contributed by atoms with van der Waals surface area (Å²) < 4.78 is 27.7. The summed E-state index contributed by atoms with van der Waals surface area (Å²) in [6, 6.07) is -0.0716. The normalized spacial score (nSPS) is 22.1. The smallest absolute Gasteiger partial charge is 0.316 e. The van der Waals surface area contributed by atoms with E-state index in [0.717, 1.165) is 0 Å². The van der Waals surface area contributed by atoms with Crippen molar-refractivity contribution in [2.75, 3.05) is 31.4 Å². The molecule has 0 bridgehead atoms. The summed E-state index contributed by atoms with van der Waals surface area (Å²) in [5.74, 6) is 0.165. The summed E-state index contributed by atoms with van der Waals surface area (Å²) in [6.45, 7) is 0. The molecule has 1 atom stereocenters. The molecule has 1 aliphatic rings. The quantitative estimate of drug-likeness (QED) is 0.548. The van der Waals surface area contributed by atoms with E-state index in [-0.39, 0.29) is 29.3 Å². The van der Waals surface area contributed by atoms with Gasteiger partial charge in [-0.05, 0) is 6.42 Å². The molecule has 0 spiro atoms. The molecule has 0 aromatic carbocycles. The highest BCUT2D eigenvalue weighted by molar-refractivity contribution is 8.23. The maximum atomic E-state index is 11.3. The molecular weight excluding hydrogens is 282 g/mol. The van der Waals surface area contributed by atoms with Crippen LogP contribution in [0.1, 0.15) is 6.42 Å². The van der Waals surface area contributed by atoms with E-state index in [1.807, 2.05) is 0 Å². The number of carbonyl (C=O) groups is 1. The Hall–Kier alpha value is -0.340. The van der Waals surface area contributed by atoms with Gasteiger partial charge in [0, 0.05) is 13.1 Å². The largest absolute Gasteiger partial charge is 0.468 e. The second kappa shape index (κ2) is 6.01. The predicted molar refractivity (Wildman–Crippen MR) is 71.9 cm³/mol. The van der Waals surface area contributed by atoms with Crippen LogP contribution in [0.25, 0.3) is 0 Å². The van der Waals surface area contributed by atoms with Crippen LogP contribution < -0.4 is 0 Å². The van der Waals surface area contributed by atoms with Crippen molar-refractivity contribution < 1.29 is 17.9 Å². The first kappa shape index (κ1) is 14.7. The van der Waals surface area contributed by atoms with Crippen LogP contribution >= 0.6 is 24.0 Å². The van der Waals surface area contributed by atoms with Crippen LogP contribution in [0.4, 0.5) is 0 Å². The summed E-state index contributed by atoms with van der Waals surface area (Å²) in [5.41, 5.74) is 0. The van der Waals surface area contributed by atoms with Crippen LogP contribution in [0.15, 0.2) is 0 Å². The average molecular weight is 297 g/mol. The van der Waals surface area contributed by atoms with Crippen molar-refractivity contribution in [3.8, 4) is 0 Å². The first-order valence-corrected chi connectivity index (χ1v) is 8.24. The lowest BCUT2D eigenvalue weighted by Crippen LogP contribution is -2.35.